The largest absolute Gasteiger partial charge is 0.507 e. The van der Waals surface area contributed by atoms with Crippen LogP contribution in [-0.2, 0) is 9.59 Å². The van der Waals surface area contributed by atoms with Crippen molar-refractivity contribution in [3.8, 4) is 5.75 Å². The molecule has 0 aliphatic rings. The van der Waals surface area contributed by atoms with Crippen LogP contribution in [0.4, 0.5) is 5.69 Å². The molecule has 0 atom stereocenters. The molecule has 6 nitrogen and oxygen atoms in total. The number of carbonyl (C=O) groups excluding carboxylic acids is 2. The van der Waals surface area contributed by atoms with Crippen LogP contribution < -0.4 is 10.7 Å². The molecule has 0 saturated heterocycles. The summed E-state index contributed by atoms with van der Waals surface area (Å²) in [6, 6.07) is 12.1. The maximum Gasteiger partial charge on any atom is 0.240 e. The predicted octanol–water partition coefficient (Wildman–Crippen LogP) is 3.79. The molecule has 0 aromatic heterocycles. The first-order valence-corrected chi connectivity index (χ1v) is 8.88. The second kappa shape index (κ2) is 9.33. The fraction of sp³-hybridized carbons (Fsp3) is 0.118. The number of aromatic hydroxyl groups is 1. The molecule has 8 heteroatoms. The van der Waals surface area contributed by atoms with E-state index in [-0.39, 0.29) is 24.5 Å². The average Bonchev–Trinajstić information content (AvgIpc) is 2.56. The first kappa shape index (κ1) is 19.1. The summed E-state index contributed by atoms with van der Waals surface area (Å²) >= 11 is 6.60. The van der Waals surface area contributed by atoms with Gasteiger partial charge in [-0.25, -0.2) is 5.43 Å². The van der Waals surface area contributed by atoms with E-state index in [1.54, 1.807) is 30.3 Å². The molecule has 130 valence electrons. The highest BCUT2D eigenvalue weighted by molar-refractivity contribution is 9.10. The Bertz CT molecular complexity index is 809. The predicted molar refractivity (Wildman–Crippen MR) is 104 cm³/mol. The molecule has 2 aromatic rings. The molecule has 0 spiro atoms. The summed E-state index contributed by atoms with van der Waals surface area (Å²) in [6.45, 7) is 0. The van der Waals surface area contributed by atoms with E-state index in [0.29, 0.717) is 11.3 Å². The zero-order valence-corrected chi connectivity index (χ0v) is 16.2. The van der Waals surface area contributed by atoms with Crippen molar-refractivity contribution in [1.82, 2.24) is 5.43 Å². The molecular weight excluding hydrogens is 454 g/mol. The van der Waals surface area contributed by atoms with Crippen LogP contribution in [-0.4, -0.2) is 23.1 Å². The highest BCUT2D eigenvalue weighted by atomic mass is 79.9. The van der Waals surface area contributed by atoms with Gasteiger partial charge < -0.3 is 10.4 Å². The highest BCUT2D eigenvalue weighted by Crippen LogP contribution is 2.20. The second-order valence-corrected chi connectivity index (χ2v) is 6.89. The lowest BCUT2D eigenvalue weighted by Crippen LogP contribution is -2.20. The lowest BCUT2D eigenvalue weighted by atomic mass is 10.2. The first-order valence-electron chi connectivity index (χ1n) is 7.30. The van der Waals surface area contributed by atoms with Gasteiger partial charge in [0.25, 0.3) is 0 Å². The van der Waals surface area contributed by atoms with Crippen molar-refractivity contribution in [3.05, 3.63) is 57.0 Å². The van der Waals surface area contributed by atoms with Crippen LogP contribution in [0.15, 0.2) is 56.5 Å². The van der Waals surface area contributed by atoms with Crippen molar-refractivity contribution in [3.63, 3.8) is 0 Å². The quantitative estimate of drug-likeness (QED) is 0.445. The number of phenolic OH excluding ortho intramolecular Hbond substituents is 1. The van der Waals surface area contributed by atoms with Crippen molar-refractivity contribution in [1.29, 1.82) is 0 Å². The van der Waals surface area contributed by atoms with E-state index in [1.807, 2.05) is 6.07 Å². The number of rotatable bonds is 6. The average molecular weight is 469 g/mol. The minimum Gasteiger partial charge on any atom is -0.507 e. The Kier molecular flexibility index (Phi) is 7.15. The number of hydrazone groups is 1. The van der Waals surface area contributed by atoms with Gasteiger partial charge >= 0.3 is 0 Å². The summed E-state index contributed by atoms with van der Waals surface area (Å²) in [6.07, 6.45) is 1.37. The van der Waals surface area contributed by atoms with Gasteiger partial charge in [-0.1, -0.05) is 37.9 Å². The van der Waals surface area contributed by atoms with E-state index in [4.69, 9.17) is 0 Å². The molecule has 2 rings (SSSR count). The summed E-state index contributed by atoms with van der Waals surface area (Å²) in [7, 11) is 0. The highest BCUT2D eigenvalue weighted by Gasteiger charge is 2.07. The van der Waals surface area contributed by atoms with Crippen LogP contribution in [0.1, 0.15) is 18.4 Å². The van der Waals surface area contributed by atoms with Crippen molar-refractivity contribution >= 4 is 55.6 Å². The number of hydrogen-bond acceptors (Lipinski definition) is 4. The molecule has 0 aliphatic heterocycles. The number of hydrogen-bond donors (Lipinski definition) is 3. The smallest absolute Gasteiger partial charge is 0.240 e. The Morgan fingerprint density at radius 1 is 1.04 bits per heavy atom. The molecule has 2 aromatic carbocycles. The summed E-state index contributed by atoms with van der Waals surface area (Å²) < 4.78 is 1.63. The van der Waals surface area contributed by atoms with Crippen LogP contribution >= 0.6 is 31.9 Å². The van der Waals surface area contributed by atoms with Gasteiger partial charge in [0.15, 0.2) is 0 Å². The molecule has 0 fully saturated rings. The Morgan fingerprint density at radius 2 is 1.76 bits per heavy atom. The van der Waals surface area contributed by atoms with E-state index in [9.17, 15) is 14.7 Å². The van der Waals surface area contributed by atoms with E-state index in [2.05, 4.69) is 47.7 Å². The molecule has 3 N–H and O–H groups in total. The number of phenols is 1. The monoisotopic (exact) mass is 467 g/mol. The van der Waals surface area contributed by atoms with Gasteiger partial charge in [-0.05, 0) is 36.4 Å². The van der Waals surface area contributed by atoms with Crippen molar-refractivity contribution in [2.75, 3.05) is 5.32 Å². The third kappa shape index (κ3) is 6.67. The topological polar surface area (TPSA) is 90.8 Å². The van der Waals surface area contributed by atoms with Crippen LogP contribution in [0.5, 0.6) is 5.75 Å². The standard InChI is InChI=1S/C17H15Br2N3O3/c18-12-2-1-3-14(9-12)21-16(24)6-7-17(25)22-20-10-11-8-13(19)4-5-15(11)23/h1-5,8-10,23H,6-7H2,(H,21,24)(H,22,25)/b20-10-. The van der Waals surface area contributed by atoms with E-state index in [1.165, 1.54) is 12.3 Å². The molecule has 0 heterocycles. The number of benzene rings is 2. The zero-order chi connectivity index (χ0) is 18.2. The molecule has 0 radical (unpaired) electrons. The normalized spacial score (nSPS) is 10.6. The minimum atomic E-state index is -0.393. The second-order valence-electron chi connectivity index (χ2n) is 5.05. The maximum absolute atomic E-state index is 11.8. The van der Waals surface area contributed by atoms with Crippen LogP contribution in [0.2, 0.25) is 0 Å². The number of nitrogens with zero attached hydrogens (tertiary/aromatic N) is 1. The van der Waals surface area contributed by atoms with Gasteiger partial charge in [0, 0.05) is 33.0 Å². The lowest BCUT2D eigenvalue weighted by molar-refractivity contribution is -0.124. The summed E-state index contributed by atoms with van der Waals surface area (Å²) in [5.41, 5.74) is 3.44. The maximum atomic E-state index is 11.8. The zero-order valence-electron chi connectivity index (χ0n) is 13.0. The molecule has 25 heavy (non-hydrogen) atoms. The Balaban J connectivity index is 1.77. The number of carbonyl (C=O) groups is 2. The van der Waals surface area contributed by atoms with E-state index < -0.39 is 5.91 Å². The summed E-state index contributed by atoms with van der Waals surface area (Å²) in [5.74, 6) is -0.605. The van der Waals surface area contributed by atoms with Crippen LogP contribution in [0.25, 0.3) is 0 Å². The van der Waals surface area contributed by atoms with Gasteiger partial charge in [-0.15, -0.1) is 0 Å². The van der Waals surface area contributed by atoms with Gasteiger partial charge in [-0.2, -0.15) is 5.10 Å². The van der Waals surface area contributed by atoms with Gasteiger partial charge in [0.2, 0.25) is 11.8 Å². The first-order chi connectivity index (χ1) is 11.9. The fourth-order valence-electron chi connectivity index (χ4n) is 1.88. The minimum absolute atomic E-state index is 0.00163. The molecule has 0 aliphatic carbocycles. The molecule has 0 saturated carbocycles. The van der Waals surface area contributed by atoms with E-state index in [0.717, 1.165) is 8.95 Å². The number of anilines is 1. The Labute approximate surface area is 161 Å². The number of halogens is 2. The third-order valence-corrected chi connectivity index (χ3v) is 4.06. The van der Waals surface area contributed by atoms with Gasteiger partial charge in [0.1, 0.15) is 5.75 Å². The van der Waals surface area contributed by atoms with Crippen molar-refractivity contribution < 1.29 is 14.7 Å². The number of nitrogens with one attached hydrogen (secondary N) is 2. The van der Waals surface area contributed by atoms with Crippen molar-refractivity contribution in [2.24, 2.45) is 5.10 Å². The fourth-order valence-corrected chi connectivity index (χ4v) is 2.65. The van der Waals surface area contributed by atoms with Gasteiger partial charge in [-0.3, -0.25) is 9.59 Å². The molecule has 0 unspecified atom stereocenters. The van der Waals surface area contributed by atoms with E-state index >= 15 is 0 Å². The SMILES string of the molecule is O=C(CCC(=O)Nc1cccc(Br)c1)N/N=C\c1cc(Br)ccc1O. The van der Waals surface area contributed by atoms with Gasteiger partial charge in [0.05, 0.1) is 6.21 Å². The van der Waals surface area contributed by atoms with Crippen molar-refractivity contribution in [2.45, 2.75) is 12.8 Å². The Morgan fingerprint density at radius 3 is 2.52 bits per heavy atom. The molecule has 2 amide bonds. The van der Waals surface area contributed by atoms with Crippen LogP contribution in [0.3, 0.4) is 0 Å². The lowest BCUT2D eigenvalue weighted by Gasteiger charge is -2.05. The molecule has 0 bridgehead atoms. The third-order valence-electron chi connectivity index (χ3n) is 3.07. The summed E-state index contributed by atoms with van der Waals surface area (Å²) in [4.78, 5) is 23.5. The van der Waals surface area contributed by atoms with Crippen LogP contribution in [0, 0.1) is 0 Å². The molecular formula is C17H15Br2N3O3. The number of amides is 2. The Hall–Kier alpha value is -2.19. The summed E-state index contributed by atoms with van der Waals surface area (Å²) in [5, 5.41) is 16.1.